The number of nitrogens with one attached hydrogen (secondary N) is 3. The number of carbonyl (C=O) groups is 5. The third kappa shape index (κ3) is 11.3. The predicted octanol–water partition coefficient (Wildman–Crippen LogP) is 5.47. The van der Waals surface area contributed by atoms with Crippen molar-refractivity contribution in [3.8, 4) is 5.75 Å². The van der Waals surface area contributed by atoms with Crippen molar-refractivity contribution in [1.29, 1.82) is 0 Å². The van der Waals surface area contributed by atoms with E-state index in [0.717, 1.165) is 29.4 Å². The minimum Gasteiger partial charge on any atom is -0.494 e. The van der Waals surface area contributed by atoms with Gasteiger partial charge in [-0.15, -0.1) is 28.3 Å². The van der Waals surface area contributed by atoms with Gasteiger partial charge >= 0.3 is 25.6 Å². The molecule has 25 nitrogen and oxygen atoms in total. The number of benzene rings is 2. The maximum absolute atomic E-state index is 15.2. The zero-order valence-corrected chi connectivity index (χ0v) is 53.0. The smallest absolute Gasteiger partial charge is 0.344 e. The standard InChI is InChI=1S/C46H56N4O10.C7H15Cl2N2O2P.C6H10N6O/c1-7-42(55)22-28-23-45(40(53)58-5,36-30(16-20-48(24-28)25-42)29-12-9-10-13-33(29)47-36)32-15-14-31-34(35(32)57-4)50(26-51)38-44(31)18-21-49-19-11-17-43(8-2,37(44)49)39(60-27(3)52)46(38,56)41(54)59-6;8-2-5-11(6-3-9)14(12)10-4-1-7-13-14;1-12(2)11-10-6-4(5(7)13)8-3-9-6/h9-15,17,26,28,37-39,47,55-56H,7-8,16,18-25H2,1-6H3;1-7H2,(H,10,12);3H,1-2H3,(H2,7,13)(H,8,9)/t28-,37-,38+,39+,42-,43+,44+,45-,46-;;/m0../s1. The summed E-state index contributed by atoms with van der Waals surface area (Å²) in [6.07, 6.45) is 8.02. The molecule has 4 fully saturated rings. The van der Waals surface area contributed by atoms with Crippen LogP contribution in [0.5, 0.6) is 5.75 Å². The Bertz CT molecular complexity index is 3320. The lowest BCUT2D eigenvalue weighted by Gasteiger charge is -2.63. The fourth-order valence-electron chi connectivity index (χ4n) is 15.4. The number of esters is 3. The van der Waals surface area contributed by atoms with E-state index in [1.54, 1.807) is 18.8 Å². The van der Waals surface area contributed by atoms with Crippen LogP contribution in [0.2, 0.25) is 0 Å². The average Bonchev–Trinajstić information content (AvgIpc) is 1.55. The fourth-order valence-corrected chi connectivity index (χ4v) is 18.0. The van der Waals surface area contributed by atoms with Crippen molar-refractivity contribution in [2.45, 2.75) is 106 Å². The number of anilines is 1. The molecule has 3 saturated heterocycles. The highest BCUT2D eigenvalue weighted by atomic mass is 35.5. The number of nitrogens with two attached hydrogens (primary N) is 1. The highest BCUT2D eigenvalue weighted by Gasteiger charge is 2.81. The number of alkyl halides is 2. The molecule has 2 bridgehead atoms. The molecule has 0 radical (unpaired) electrons. The van der Waals surface area contributed by atoms with Gasteiger partial charge in [0.1, 0.15) is 11.2 Å². The number of aromatic amines is 2. The summed E-state index contributed by atoms with van der Waals surface area (Å²) in [4.78, 5) is 83.4. The number of hydrogen-bond acceptors (Lipinski definition) is 18. The number of imidazole rings is 1. The van der Waals surface area contributed by atoms with Crippen molar-refractivity contribution >= 4 is 83.5 Å². The summed E-state index contributed by atoms with van der Waals surface area (Å²) in [5.41, 5.74) is 1.87. The van der Waals surface area contributed by atoms with Crippen molar-refractivity contribution in [1.82, 2.24) is 39.5 Å². The van der Waals surface area contributed by atoms with Gasteiger partial charge in [-0.3, -0.25) is 38.6 Å². The maximum atomic E-state index is 15.2. The zero-order chi connectivity index (χ0) is 62.9. The number of methoxy groups -OCH3 is 3. The monoisotopic (exact) mass is 1270 g/mol. The van der Waals surface area contributed by atoms with E-state index in [4.69, 9.17) is 52.4 Å². The number of carbonyl (C=O) groups excluding carboxylic acids is 5. The summed E-state index contributed by atoms with van der Waals surface area (Å²) in [5.74, 6) is -1.77. The number of rotatable bonds is 16. The molecule has 474 valence electrons. The number of ether oxygens (including phenoxy) is 4. The molecule has 6 aliphatic heterocycles. The lowest BCUT2D eigenvalue weighted by atomic mass is 9.47. The molecule has 7 N–H and O–H groups in total. The number of fused-ring (bicyclic) bond motifs is 6. The Morgan fingerprint density at radius 1 is 0.989 bits per heavy atom. The second kappa shape index (κ2) is 26.2. The van der Waals surface area contributed by atoms with Crippen LogP contribution in [0.25, 0.3) is 10.9 Å². The fraction of sp³-hybridized carbons (Fsp3) is 0.593. The van der Waals surface area contributed by atoms with Crippen LogP contribution in [0, 0.1) is 11.3 Å². The molecule has 11 rings (SSSR count). The van der Waals surface area contributed by atoms with E-state index in [1.165, 1.54) is 44.5 Å². The Labute approximate surface area is 516 Å². The molecule has 8 heterocycles. The van der Waals surface area contributed by atoms with E-state index in [-0.39, 0.29) is 29.6 Å². The van der Waals surface area contributed by atoms with Gasteiger partial charge in [0, 0.05) is 118 Å². The van der Waals surface area contributed by atoms with Gasteiger partial charge in [0.05, 0.1) is 51.6 Å². The average molecular weight is 1270 g/mol. The predicted molar refractivity (Wildman–Crippen MR) is 325 cm³/mol. The van der Waals surface area contributed by atoms with Crippen LogP contribution in [0.3, 0.4) is 0 Å². The molecule has 2 unspecified atom stereocenters. The van der Waals surface area contributed by atoms with Gasteiger partial charge in [0.15, 0.2) is 11.8 Å². The first-order valence-corrected chi connectivity index (χ1v) is 32.0. The Morgan fingerprint density at radius 3 is 2.33 bits per heavy atom. The van der Waals surface area contributed by atoms with Gasteiger partial charge in [-0.2, -0.15) is 0 Å². The molecule has 11 atom stereocenters. The number of hydrogen-bond donors (Lipinski definition) is 6. The Morgan fingerprint density at radius 2 is 1.71 bits per heavy atom. The number of para-hydroxylation sites is 1. The quantitative estimate of drug-likeness (QED) is 0.0118. The topological polar surface area (TPSA) is 312 Å². The minimum atomic E-state index is -2.84. The normalized spacial score (nSPS) is 31.3. The molecule has 1 aliphatic carbocycles. The number of aliphatic hydroxyl groups is 2. The number of primary amides is 1. The molecule has 28 heteroatoms. The zero-order valence-electron chi connectivity index (χ0n) is 50.6. The number of aromatic nitrogens is 3. The van der Waals surface area contributed by atoms with E-state index in [1.807, 2.05) is 62.4 Å². The molecule has 87 heavy (non-hydrogen) atoms. The molecular formula is C59H81Cl2N12O13P. The number of amides is 2. The number of halogens is 2. The van der Waals surface area contributed by atoms with Crippen LogP contribution < -0.4 is 20.5 Å². The van der Waals surface area contributed by atoms with Crippen LogP contribution in [0.1, 0.15) is 92.2 Å². The largest absolute Gasteiger partial charge is 0.494 e. The van der Waals surface area contributed by atoms with Crippen molar-refractivity contribution in [3.05, 3.63) is 83.0 Å². The number of H-pyrrole nitrogens is 2. The van der Waals surface area contributed by atoms with Crippen LogP contribution in [-0.4, -0.2) is 210 Å². The van der Waals surface area contributed by atoms with Gasteiger partial charge < -0.3 is 54.3 Å². The van der Waals surface area contributed by atoms with E-state index in [2.05, 4.69) is 40.2 Å². The van der Waals surface area contributed by atoms with Crippen molar-refractivity contribution in [2.75, 3.05) is 111 Å². The second-order valence-electron chi connectivity index (χ2n) is 23.5. The molecule has 2 amide bonds. The SMILES string of the molecule is CC[C@]1(O)C[C@@H]2CN(CCc3c([nH]c4ccccc34)[C@@](C(=O)OC)(c3ccc4c(c3OC)N(C=O)[C@H]3[C@@](O)(C(=O)OC)[C@H](OC(C)=O)[C@]5(CC)C=CCN6CC[C@]43[C@@H]65)C2)C1.CN(C)N=Nc1nc[nH]c1C(N)=O.O=P1(N(CCCl)CCCl)NCCCO1. The first kappa shape index (κ1) is 65.5. The number of nitrogens with zero attached hydrogens (tertiary/aromatic N) is 8. The number of piperidine rings is 1. The van der Waals surface area contributed by atoms with Crippen molar-refractivity contribution in [2.24, 2.45) is 27.4 Å². The summed E-state index contributed by atoms with van der Waals surface area (Å²) in [6, 6.07) is 10.1. The molecule has 7 aliphatic rings. The van der Waals surface area contributed by atoms with E-state index < -0.39 is 77.1 Å². The summed E-state index contributed by atoms with van der Waals surface area (Å²) in [6.45, 7) is 10.5. The van der Waals surface area contributed by atoms with Crippen LogP contribution >= 0.6 is 30.9 Å². The molecule has 1 saturated carbocycles. The first-order valence-electron chi connectivity index (χ1n) is 29.4. The summed E-state index contributed by atoms with van der Waals surface area (Å²) in [7, 11) is 4.62. The molecule has 4 aromatic rings. The molecule has 1 spiro atoms. The van der Waals surface area contributed by atoms with Gasteiger partial charge in [0.2, 0.25) is 17.8 Å². The Balaban J connectivity index is 0.000000274. The maximum Gasteiger partial charge on any atom is 0.344 e. The summed E-state index contributed by atoms with van der Waals surface area (Å²) >= 11 is 11.2. The van der Waals surface area contributed by atoms with Gasteiger partial charge in [-0.25, -0.2) is 19.5 Å². The van der Waals surface area contributed by atoms with E-state index in [0.29, 0.717) is 125 Å². The van der Waals surface area contributed by atoms with Crippen LogP contribution in [0.4, 0.5) is 11.5 Å². The molecule has 2 aromatic heterocycles. The summed E-state index contributed by atoms with van der Waals surface area (Å²) < 4.78 is 43.0. The minimum absolute atomic E-state index is 0.158. The lowest BCUT2D eigenvalue weighted by Crippen LogP contribution is -2.81. The van der Waals surface area contributed by atoms with Gasteiger partial charge in [-0.1, -0.05) is 61.6 Å². The third-order valence-corrected chi connectivity index (χ3v) is 21.3. The Hall–Kier alpha value is -5.99. The van der Waals surface area contributed by atoms with E-state index in [9.17, 15) is 34.0 Å². The van der Waals surface area contributed by atoms with Gasteiger partial charge in [0.25, 0.3) is 5.91 Å². The summed E-state index contributed by atoms with van der Waals surface area (Å²) in [5, 5.41) is 38.0. The van der Waals surface area contributed by atoms with E-state index >= 15 is 4.79 Å². The highest BCUT2D eigenvalue weighted by molar-refractivity contribution is 7.54. The van der Waals surface area contributed by atoms with Crippen LogP contribution in [0.15, 0.2) is 65.2 Å². The van der Waals surface area contributed by atoms with Crippen molar-refractivity contribution in [3.63, 3.8) is 0 Å². The second-order valence-corrected chi connectivity index (χ2v) is 26.5. The van der Waals surface area contributed by atoms with Crippen LogP contribution in [-0.2, 0) is 59.7 Å². The van der Waals surface area contributed by atoms with Crippen molar-refractivity contribution < 1.29 is 62.2 Å². The molecule has 2 aromatic carbocycles. The lowest BCUT2D eigenvalue weighted by molar-refractivity contribution is -0.228. The highest BCUT2D eigenvalue weighted by Crippen LogP contribution is 2.69. The Kier molecular flexibility index (Phi) is 19.7. The van der Waals surface area contributed by atoms with Gasteiger partial charge in [-0.05, 0) is 74.6 Å². The molecular weight excluding hydrogens is 1190 g/mol. The first-order chi connectivity index (χ1) is 41.6. The third-order valence-electron chi connectivity index (χ3n) is 18.6.